The van der Waals surface area contributed by atoms with Crippen molar-refractivity contribution in [3.05, 3.63) is 54.2 Å². The topological polar surface area (TPSA) is 101 Å². The quantitative estimate of drug-likeness (QED) is 0.391. The van der Waals surface area contributed by atoms with Crippen molar-refractivity contribution < 1.29 is 28.2 Å². The van der Waals surface area contributed by atoms with Gasteiger partial charge in [-0.2, -0.15) is 8.78 Å². The summed E-state index contributed by atoms with van der Waals surface area (Å²) in [5.41, 5.74) is 0.971. The minimum atomic E-state index is -3.04. The molecule has 0 bridgehead atoms. The van der Waals surface area contributed by atoms with Crippen molar-refractivity contribution in [1.29, 1.82) is 0 Å². The highest BCUT2D eigenvalue weighted by Gasteiger charge is 2.41. The Kier molecular flexibility index (Phi) is 7.45. The second-order valence-electron chi connectivity index (χ2n) is 10.0. The SMILES string of the molecule is C/C=C/C(F)(F)c1ccc2nc(-c3ccc(N4CCC(OCC5(C(=O)O)CCOCC5)CC4)nc3)[nH]c2c1. The number of ether oxygens (including phenoxy) is 2. The van der Waals surface area contributed by atoms with Gasteiger partial charge in [0.05, 0.1) is 29.2 Å². The molecule has 2 N–H and O–H groups in total. The molecule has 4 heterocycles. The highest BCUT2D eigenvalue weighted by Crippen LogP contribution is 2.34. The first-order chi connectivity index (χ1) is 18.3. The van der Waals surface area contributed by atoms with Gasteiger partial charge in [-0.1, -0.05) is 12.1 Å². The summed E-state index contributed by atoms with van der Waals surface area (Å²) in [5.74, 6) is -2.45. The van der Waals surface area contributed by atoms with Crippen LogP contribution in [0.5, 0.6) is 0 Å². The van der Waals surface area contributed by atoms with Gasteiger partial charge in [-0.15, -0.1) is 0 Å². The van der Waals surface area contributed by atoms with Crippen LogP contribution in [-0.4, -0.2) is 65.0 Å². The highest BCUT2D eigenvalue weighted by molar-refractivity contribution is 5.80. The first kappa shape index (κ1) is 26.2. The molecule has 0 spiro atoms. The Balaban J connectivity index is 1.20. The normalized spacial score (nSPS) is 18.9. The van der Waals surface area contributed by atoms with Gasteiger partial charge in [-0.3, -0.25) is 4.79 Å². The largest absolute Gasteiger partial charge is 0.481 e. The standard InChI is InChI=1S/C28H32F2N4O4/c1-2-9-28(29,30)20-4-5-22-23(16-20)33-25(32-22)19-3-6-24(31-17-19)34-12-7-21(8-13-34)38-18-27(26(35)36)10-14-37-15-11-27/h2-6,9,16-17,21H,7-8,10-15,18H2,1H3,(H,32,33)(H,35,36)/b9-2+. The van der Waals surface area contributed by atoms with Crippen LogP contribution in [-0.2, 0) is 20.2 Å². The zero-order chi connectivity index (χ0) is 26.8. The number of carboxylic acid groups (broad SMARTS) is 1. The van der Waals surface area contributed by atoms with Gasteiger partial charge in [-0.25, -0.2) is 9.97 Å². The Morgan fingerprint density at radius 1 is 1.26 bits per heavy atom. The molecule has 3 aromatic rings. The zero-order valence-electron chi connectivity index (χ0n) is 21.3. The maximum atomic E-state index is 14.3. The van der Waals surface area contributed by atoms with E-state index in [9.17, 15) is 18.7 Å². The van der Waals surface area contributed by atoms with Crippen molar-refractivity contribution in [2.24, 2.45) is 5.41 Å². The summed E-state index contributed by atoms with van der Waals surface area (Å²) in [4.78, 5) is 26.3. The molecular formula is C28H32F2N4O4. The van der Waals surface area contributed by atoms with Gasteiger partial charge >= 0.3 is 5.97 Å². The number of halogens is 2. The number of piperidine rings is 1. The number of carboxylic acids is 1. The van der Waals surface area contributed by atoms with E-state index in [4.69, 9.17) is 9.47 Å². The fraction of sp³-hybridized carbons (Fsp3) is 0.464. The molecule has 10 heteroatoms. The van der Waals surface area contributed by atoms with Gasteiger partial charge < -0.3 is 24.5 Å². The molecule has 38 heavy (non-hydrogen) atoms. The Morgan fingerprint density at radius 2 is 2.03 bits per heavy atom. The number of H-pyrrole nitrogens is 1. The lowest BCUT2D eigenvalue weighted by molar-refractivity contribution is -0.163. The average Bonchev–Trinajstić information content (AvgIpc) is 3.36. The van der Waals surface area contributed by atoms with Crippen molar-refractivity contribution in [3.63, 3.8) is 0 Å². The van der Waals surface area contributed by atoms with E-state index in [1.807, 2.05) is 12.1 Å². The summed E-state index contributed by atoms with van der Waals surface area (Å²) < 4.78 is 39.9. The zero-order valence-corrected chi connectivity index (χ0v) is 21.3. The van der Waals surface area contributed by atoms with Crippen LogP contribution in [0.25, 0.3) is 22.4 Å². The molecule has 2 aromatic heterocycles. The Morgan fingerprint density at radius 3 is 2.68 bits per heavy atom. The van der Waals surface area contributed by atoms with Crippen LogP contribution in [0.2, 0.25) is 0 Å². The molecule has 2 aliphatic heterocycles. The molecule has 0 amide bonds. The predicted molar refractivity (Wildman–Crippen MR) is 139 cm³/mol. The lowest BCUT2D eigenvalue weighted by atomic mass is 9.81. The second kappa shape index (κ2) is 10.8. The monoisotopic (exact) mass is 526 g/mol. The molecule has 0 unspecified atom stereocenters. The summed E-state index contributed by atoms with van der Waals surface area (Å²) in [6.07, 6.45) is 6.50. The number of aromatic nitrogens is 3. The molecule has 1 aromatic carbocycles. The number of hydrogen-bond acceptors (Lipinski definition) is 6. The Bertz CT molecular complexity index is 1290. The third kappa shape index (κ3) is 5.42. The number of rotatable bonds is 8. The first-order valence-electron chi connectivity index (χ1n) is 13.0. The number of pyridine rings is 1. The van der Waals surface area contributed by atoms with E-state index in [0.717, 1.165) is 43.4 Å². The van der Waals surface area contributed by atoms with Gasteiger partial charge in [0, 0.05) is 43.6 Å². The van der Waals surface area contributed by atoms with Gasteiger partial charge in [0.25, 0.3) is 5.92 Å². The van der Waals surface area contributed by atoms with Crippen molar-refractivity contribution >= 4 is 22.8 Å². The third-order valence-corrected chi connectivity index (χ3v) is 7.53. The van der Waals surface area contributed by atoms with E-state index < -0.39 is 17.3 Å². The van der Waals surface area contributed by atoms with E-state index >= 15 is 0 Å². The Hall–Kier alpha value is -3.37. The lowest BCUT2D eigenvalue weighted by Gasteiger charge is -2.37. The fourth-order valence-electron chi connectivity index (χ4n) is 5.08. The van der Waals surface area contributed by atoms with E-state index in [1.165, 1.54) is 18.2 Å². The number of aliphatic carboxylic acids is 1. The van der Waals surface area contributed by atoms with Gasteiger partial charge in [0.15, 0.2) is 0 Å². The number of nitrogens with zero attached hydrogens (tertiary/aromatic N) is 3. The molecule has 5 rings (SSSR count). The number of anilines is 1. The summed E-state index contributed by atoms with van der Waals surface area (Å²) >= 11 is 0. The number of fused-ring (bicyclic) bond motifs is 1. The minimum Gasteiger partial charge on any atom is -0.481 e. The van der Waals surface area contributed by atoms with Crippen LogP contribution >= 0.6 is 0 Å². The first-order valence-corrected chi connectivity index (χ1v) is 13.0. The molecule has 0 radical (unpaired) electrons. The predicted octanol–water partition coefficient (Wildman–Crippen LogP) is 5.16. The van der Waals surface area contributed by atoms with Gasteiger partial charge in [-0.05, 0) is 62.9 Å². The molecule has 2 fully saturated rings. The fourth-order valence-corrected chi connectivity index (χ4v) is 5.08. The number of nitrogens with one attached hydrogen (secondary N) is 1. The number of carbonyl (C=O) groups is 1. The molecule has 2 aliphatic rings. The maximum Gasteiger partial charge on any atom is 0.312 e. The molecule has 8 nitrogen and oxygen atoms in total. The number of allylic oxidation sites excluding steroid dienone is 2. The van der Waals surface area contributed by atoms with Gasteiger partial charge in [0.2, 0.25) is 0 Å². The van der Waals surface area contributed by atoms with Crippen LogP contribution in [0.15, 0.2) is 48.7 Å². The van der Waals surface area contributed by atoms with Crippen molar-refractivity contribution in [2.45, 2.75) is 44.6 Å². The minimum absolute atomic E-state index is 0.0187. The third-order valence-electron chi connectivity index (χ3n) is 7.53. The number of aromatic amines is 1. The van der Waals surface area contributed by atoms with E-state index in [1.54, 1.807) is 19.2 Å². The van der Waals surface area contributed by atoms with E-state index in [2.05, 4.69) is 19.9 Å². The van der Waals surface area contributed by atoms with E-state index in [-0.39, 0.29) is 18.3 Å². The van der Waals surface area contributed by atoms with Crippen molar-refractivity contribution in [2.75, 3.05) is 37.8 Å². The van der Waals surface area contributed by atoms with Crippen molar-refractivity contribution in [1.82, 2.24) is 15.0 Å². The van der Waals surface area contributed by atoms with Crippen LogP contribution in [0.4, 0.5) is 14.6 Å². The smallest absolute Gasteiger partial charge is 0.312 e. The molecule has 202 valence electrons. The highest BCUT2D eigenvalue weighted by atomic mass is 19.3. The van der Waals surface area contributed by atoms with E-state index in [0.29, 0.717) is 42.9 Å². The molecular weight excluding hydrogens is 494 g/mol. The second-order valence-corrected chi connectivity index (χ2v) is 10.0. The summed E-state index contributed by atoms with van der Waals surface area (Å²) in [5, 5.41) is 9.73. The molecule has 0 aliphatic carbocycles. The van der Waals surface area contributed by atoms with Crippen LogP contribution < -0.4 is 4.90 Å². The number of imidazole rings is 1. The molecule has 0 atom stereocenters. The van der Waals surface area contributed by atoms with Crippen LogP contribution in [0.1, 0.15) is 38.2 Å². The number of alkyl halides is 2. The average molecular weight is 527 g/mol. The summed E-state index contributed by atoms with van der Waals surface area (Å²) in [6, 6.07) is 8.26. The number of hydrogen-bond donors (Lipinski definition) is 2. The maximum absolute atomic E-state index is 14.3. The lowest BCUT2D eigenvalue weighted by Crippen LogP contribution is -2.44. The summed E-state index contributed by atoms with van der Waals surface area (Å²) in [7, 11) is 0. The number of benzene rings is 1. The van der Waals surface area contributed by atoms with Crippen molar-refractivity contribution in [3.8, 4) is 11.4 Å². The Labute approximate surface area is 219 Å². The summed E-state index contributed by atoms with van der Waals surface area (Å²) in [6.45, 7) is 4.21. The van der Waals surface area contributed by atoms with Gasteiger partial charge in [0.1, 0.15) is 11.6 Å². The molecule has 2 saturated heterocycles. The van der Waals surface area contributed by atoms with Crippen LogP contribution in [0.3, 0.4) is 0 Å². The van der Waals surface area contributed by atoms with Crippen LogP contribution in [0, 0.1) is 5.41 Å². The molecule has 0 saturated carbocycles.